The Morgan fingerprint density at radius 3 is 1.31 bits per heavy atom. The minimum Gasteiger partial charge on any atom is -0.457 e. The van der Waals surface area contributed by atoms with Gasteiger partial charge in [0.05, 0.1) is 19.8 Å². The number of rotatable bonds is 47. The molecule has 6 unspecified atom stereocenters. The first-order valence-corrected chi connectivity index (χ1v) is 27.5. The number of esters is 1. The molecule has 0 aromatic heterocycles. The molecule has 9 heteroatoms. The van der Waals surface area contributed by atoms with Crippen LogP contribution in [0.2, 0.25) is 0 Å². The third kappa shape index (κ3) is 39.1. The van der Waals surface area contributed by atoms with E-state index in [1.165, 1.54) is 135 Å². The van der Waals surface area contributed by atoms with Crippen LogP contribution in [0.15, 0.2) is 72.9 Å². The molecule has 1 saturated heterocycles. The van der Waals surface area contributed by atoms with Gasteiger partial charge in [-0.2, -0.15) is 0 Å². The van der Waals surface area contributed by atoms with Crippen molar-refractivity contribution in [3.05, 3.63) is 72.9 Å². The maximum absolute atomic E-state index is 12.9. The fourth-order valence-electron chi connectivity index (χ4n) is 8.16. The lowest BCUT2D eigenvalue weighted by molar-refractivity contribution is -0.305. The number of aliphatic hydroxyl groups excluding tert-OH is 4. The first-order chi connectivity index (χ1) is 32.9. The molecule has 0 spiro atoms. The maximum Gasteiger partial charge on any atom is 0.306 e. The van der Waals surface area contributed by atoms with E-state index in [2.05, 4.69) is 86.8 Å². The van der Waals surface area contributed by atoms with E-state index < -0.39 is 43.4 Å². The molecule has 0 saturated carbocycles. The number of carbonyl (C=O) groups is 1. The number of aliphatic hydroxyl groups is 4. The summed E-state index contributed by atoms with van der Waals surface area (Å²) < 4.78 is 22.9. The minimum atomic E-state index is -1.55. The van der Waals surface area contributed by atoms with Gasteiger partial charge in [0.2, 0.25) is 0 Å². The van der Waals surface area contributed by atoms with Crippen molar-refractivity contribution in [2.75, 3.05) is 26.4 Å². The van der Waals surface area contributed by atoms with Crippen molar-refractivity contribution in [1.82, 2.24) is 0 Å². The molecule has 0 bridgehead atoms. The largest absolute Gasteiger partial charge is 0.457 e. The average Bonchev–Trinajstić information content (AvgIpc) is 3.33. The number of hydrogen-bond donors (Lipinski definition) is 4. The molecule has 67 heavy (non-hydrogen) atoms. The summed E-state index contributed by atoms with van der Waals surface area (Å²) >= 11 is 0. The average molecular weight is 943 g/mol. The van der Waals surface area contributed by atoms with Gasteiger partial charge < -0.3 is 39.4 Å². The van der Waals surface area contributed by atoms with Gasteiger partial charge in [-0.1, -0.05) is 234 Å². The third-order valence-electron chi connectivity index (χ3n) is 12.4. The molecular weight excluding hydrogens is 841 g/mol. The molecular formula is C58H102O9. The summed E-state index contributed by atoms with van der Waals surface area (Å²) in [5.41, 5.74) is 0. The van der Waals surface area contributed by atoms with Crippen LogP contribution in [-0.2, 0) is 23.7 Å². The molecule has 388 valence electrons. The molecule has 1 aliphatic rings. The summed E-state index contributed by atoms with van der Waals surface area (Å²) in [6.07, 6.45) is 58.2. The molecule has 1 aliphatic heterocycles. The highest BCUT2D eigenvalue weighted by Crippen LogP contribution is 2.23. The lowest BCUT2D eigenvalue weighted by Gasteiger charge is -2.39. The Morgan fingerprint density at radius 1 is 0.493 bits per heavy atom. The van der Waals surface area contributed by atoms with Crippen LogP contribution < -0.4 is 0 Å². The number of hydrogen-bond acceptors (Lipinski definition) is 9. The third-order valence-corrected chi connectivity index (χ3v) is 12.4. The maximum atomic E-state index is 12.9. The van der Waals surface area contributed by atoms with Gasteiger partial charge in [0.25, 0.3) is 0 Å². The van der Waals surface area contributed by atoms with Gasteiger partial charge >= 0.3 is 5.97 Å². The zero-order chi connectivity index (χ0) is 48.5. The van der Waals surface area contributed by atoms with Gasteiger partial charge in [-0.05, 0) is 57.8 Å². The number of allylic oxidation sites excluding steroid dienone is 12. The van der Waals surface area contributed by atoms with Gasteiger partial charge in [0, 0.05) is 13.0 Å². The summed E-state index contributed by atoms with van der Waals surface area (Å²) in [4.78, 5) is 12.9. The molecule has 0 aliphatic carbocycles. The Labute approximate surface area is 410 Å². The summed E-state index contributed by atoms with van der Waals surface area (Å²) in [5, 5.41) is 40.3. The Hall–Kier alpha value is -2.37. The minimum absolute atomic E-state index is 0.104. The number of carbonyl (C=O) groups excluding carboxylic acids is 1. The van der Waals surface area contributed by atoms with Crippen LogP contribution in [0.5, 0.6) is 0 Å². The van der Waals surface area contributed by atoms with Crippen molar-refractivity contribution in [1.29, 1.82) is 0 Å². The number of unbranched alkanes of at least 4 members (excludes halogenated alkanes) is 24. The fourth-order valence-corrected chi connectivity index (χ4v) is 8.16. The van der Waals surface area contributed by atoms with Crippen LogP contribution >= 0.6 is 0 Å². The van der Waals surface area contributed by atoms with Crippen molar-refractivity contribution in [2.45, 2.75) is 263 Å². The van der Waals surface area contributed by atoms with Crippen molar-refractivity contribution in [3.63, 3.8) is 0 Å². The second-order valence-electron chi connectivity index (χ2n) is 18.7. The lowest BCUT2D eigenvalue weighted by atomic mass is 9.99. The Balaban J connectivity index is 2.21. The van der Waals surface area contributed by atoms with E-state index in [-0.39, 0.29) is 19.2 Å². The van der Waals surface area contributed by atoms with Crippen LogP contribution in [0.4, 0.5) is 0 Å². The Kier molecular flexibility index (Phi) is 45.5. The van der Waals surface area contributed by atoms with E-state index in [1.54, 1.807) is 0 Å². The van der Waals surface area contributed by atoms with Crippen molar-refractivity contribution in [3.8, 4) is 0 Å². The Bertz CT molecular complexity index is 1260. The molecule has 0 radical (unpaired) electrons. The highest BCUT2D eigenvalue weighted by atomic mass is 16.7. The Morgan fingerprint density at radius 2 is 0.896 bits per heavy atom. The molecule has 6 atom stereocenters. The van der Waals surface area contributed by atoms with Gasteiger partial charge in [0.15, 0.2) is 6.29 Å². The van der Waals surface area contributed by atoms with E-state index in [0.717, 1.165) is 70.6 Å². The quantitative estimate of drug-likeness (QED) is 0.0267. The van der Waals surface area contributed by atoms with Gasteiger partial charge in [-0.25, -0.2) is 0 Å². The van der Waals surface area contributed by atoms with Crippen LogP contribution in [0.25, 0.3) is 0 Å². The highest BCUT2D eigenvalue weighted by Gasteiger charge is 2.44. The topological polar surface area (TPSA) is 135 Å². The molecule has 1 fully saturated rings. The van der Waals surface area contributed by atoms with Gasteiger partial charge in [-0.15, -0.1) is 0 Å². The van der Waals surface area contributed by atoms with Crippen molar-refractivity contribution < 1.29 is 44.2 Å². The molecule has 0 amide bonds. The highest BCUT2D eigenvalue weighted by molar-refractivity contribution is 5.69. The molecule has 0 aromatic rings. The van der Waals surface area contributed by atoms with E-state index in [9.17, 15) is 25.2 Å². The molecule has 1 heterocycles. The normalized spacial score (nSPS) is 19.8. The number of ether oxygens (including phenoxy) is 4. The summed E-state index contributed by atoms with van der Waals surface area (Å²) in [6.45, 7) is 4.32. The molecule has 4 N–H and O–H groups in total. The molecule has 0 aromatic carbocycles. The van der Waals surface area contributed by atoms with E-state index in [0.29, 0.717) is 13.0 Å². The molecule has 9 nitrogen and oxygen atoms in total. The summed E-state index contributed by atoms with van der Waals surface area (Å²) in [7, 11) is 0. The first-order valence-electron chi connectivity index (χ1n) is 27.5. The van der Waals surface area contributed by atoms with Crippen LogP contribution in [-0.4, -0.2) is 89.6 Å². The second kappa shape index (κ2) is 48.6. The van der Waals surface area contributed by atoms with Crippen molar-refractivity contribution in [2.24, 2.45) is 0 Å². The van der Waals surface area contributed by atoms with Gasteiger partial charge in [-0.3, -0.25) is 4.79 Å². The van der Waals surface area contributed by atoms with E-state index in [1.807, 2.05) is 0 Å². The van der Waals surface area contributed by atoms with Gasteiger partial charge in [0.1, 0.15) is 30.5 Å². The predicted molar refractivity (Wildman–Crippen MR) is 279 cm³/mol. The second-order valence-corrected chi connectivity index (χ2v) is 18.7. The monoisotopic (exact) mass is 943 g/mol. The van der Waals surface area contributed by atoms with E-state index >= 15 is 0 Å². The SMILES string of the molecule is CC/C=C\C/C=C\C/C=C\C/C=C\C/C=C\C/C=C\CCCOCC(COC1OC(CO)C(O)C(O)C1O)OC(=O)CCCCCCCCCCCCCCCCCCCCCCCCCC. The smallest absolute Gasteiger partial charge is 0.306 e. The lowest BCUT2D eigenvalue weighted by Crippen LogP contribution is -2.59. The predicted octanol–water partition coefficient (Wildman–Crippen LogP) is 14.0. The zero-order valence-electron chi connectivity index (χ0n) is 42.9. The van der Waals surface area contributed by atoms with E-state index in [4.69, 9.17) is 18.9 Å². The summed E-state index contributed by atoms with van der Waals surface area (Å²) in [5.74, 6) is -0.331. The zero-order valence-corrected chi connectivity index (χ0v) is 42.9. The van der Waals surface area contributed by atoms with Crippen LogP contribution in [0.1, 0.15) is 226 Å². The standard InChI is InChI=1S/C58H102O9/c1-3-5-7-9-11-13-15-17-19-21-23-25-26-27-28-29-31-33-35-37-39-41-43-45-47-54(60)66-52(51-65-58-57(63)56(62)55(61)53(49-59)67-58)50-64-48-46-44-42-40-38-36-34-32-30-24-22-20-18-16-14-12-10-8-6-4-2/h6,8,12,14,18,20,24,30,34,36,40,42,52-53,55-59,61-63H,3-5,7,9-11,13,15-17,19,21-23,25-29,31-33,35,37-39,41,43-51H2,1-2H3/b8-6-,14-12-,20-18-,30-24-,36-34-,42-40-. The van der Waals surface area contributed by atoms with Crippen LogP contribution in [0, 0.1) is 0 Å². The fraction of sp³-hybridized carbons (Fsp3) is 0.776. The van der Waals surface area contributed by atoms with Crippen LogP contribution in [0.3, 0.4) is 0 Å². The first kappa shape index (κ1) is 62.6. The molecule has 1 rings (SSSR count). The van der Waals surface area contributed by atoms with Crippen molar-refractivity contribution >= 4 is 5.97 Å². The summed E-state index contributed by atoms with van der Waals surface area (Å²) in [6, 6.07) is 0.